The lowest BCUT2D eigenvalue weighted by Gasteiger charge is -2.11. The summed E-state index contributed by atoms with van der Waals surface area (Å²) in [6.45, 7) is 1.08. The number of halogens is 3. The molecule has 0 radical (unpaired) electrons. The molecular weight excluding hydrogens is 367 g/mol. The Balaban J connectivity index is 1.66. The molecule has 0 unspecified atom stereocenters. The van der Waals surface area contributed by atoms with Crippen molar-refractivity contribution in [3.05, 3.63) is 35.4 Å². The average molecular weight is 387 g/mol. The maximum atomic E-state index is 12.5. The number of alkyl halides is 3. The van der Waals surface area contributed by atoms with Gasteiger partial charge in [-0.1, -0.05) is 0 Å². The highest BCUT2D eigenvalue weighted by Crippen LogP contribution is 2.29. The molecule has 148 valence electrons. The van der Waals surface area contributed by atoms with Crippen molar-refractivity contribution in [1.29, 1.82) is 0 Å². The van der Waals surface area contributed by atoms with Crippen LogP contribution in [0.2, 0.25) is 0 Å². The molecule has 0 aromatic heterocycles. The minimum atomic E-state index is -4.49. The van der Waals surface area contributed by atoms with Gasteiger partial charge in [0.05, 0.1) is 11.7 Å². The molecule has 1 aromatic carbocycles. The van der Waals surface area contributed by atoms with E-state index in [1.807, 2.05) is 0 Å². The third-order valence-corrected chi connectivity index (χ3v) is 3.92. The van der Waals surface area contributed by atoms with Crippen LogP contribution in [0.15, 0.2) is 24.3 Å². The predicted octanol–water partition coefficient (Wildman–Crippen LogP) is 1.54. The number of carbonyl (C=O) groups is 3. The maximum absolute atomic E-state index is 12.5. The molecule has 3 amide bonds. The van der Waals surface area contributed by atoms with Gasteiger partial charge in [0.15, 0.2) is 0 Å². The second kappa shape index (κ2) is 9.36. The Morgan fingerprint density at radius 3 is 2.30 bits per heavy atom. The van der Waals surface area contributed by atoms with Gasteiger partial charge in [0, 0.05) is 31.6 Å². The van der Waals surface area contributed by atoms with E-state index >= 15 is 0 Å². The molecule has 1 aromatic rings. The lowest BCUT2D eigenvalue weighted by Crippen LogP contribution is -2.42. The van der Waals surface area contributed by atoms with E-state index in [1.165, 1.54) is 0 Å². The van der Waals surface area contributed by atoms with Crippen LogP contribution in [0.5, 0.6) is 0 Å². The summed E-state index contributed by atoms with van der Waals surface area (Å²) in [7, 11) is 0. The number of ether oxygens (including phenoxy) is 1. The molecule has 0 saturated carbocycles. The van der Waals surface area contributed by atoms with Crippen molar-refractivity contribution in [3.8, 4) is 0 Å². The van der Waals surface area contributed by atoms with Gasteiger partial charge >= 0.3 is 6.18 Å². The van der Waals surface area contributed by atoms with Gasteiger partial charge in [0.25, 0.3) is 5.91 Å². The summed E-state index contributed by atoms with van der Waals surface area (Å²) in [5.41, 5.74) is 3.28. The second-order valence-electron chi connectivity index (χ2n) is 6.02. The Hall–Kier alpha value is -2.62. The molecule has 0 bridgehead atoms. The van der Waals surface area contributed by atoms with Crippen LogP contribution in [0.25, 0.3) is 0 Å². The quantitative estimate of drug-likeness (QED) is 0.645. The highest BCUT2D eigenvalue weighted by molar-refractivity contribution is 5.95. The molecule has 27 heavy (non-hydrogen) atoms. The molecule has 1 heterocycles. The molecule has 0 spiro atoms. The van der Waals surface area contributed by atoms with Gasteiger partial charge in [-0.3, -0.25) is 25.2 Å². The Morgan fingerprint density at radius 2 is 1.70 bits per heavy atom. The van der Waals surface area contributed by atoms with E-state index in [0.29, 0.717) is 13.2 Å². The van der Waals surface area contributed by atoms with Gasteiger partial charge in [-0.05, 0) is 37.1 Å². The van der Waals surface area contributed by atoms with E-state index in [2.05, 4.69) is 16.2 Å². The predicted molar refractivity (Wildman–Crippen MR) is 88.3 cm³/mol. The van der Waals surface area contributed by atoms with Crippen molar-refractivity contribution < 1.29 is 32.3 Å². The number of hydrogen-bond acceptors (Lipinski definition) is 4. The van der Waals surface area contributed by atoms with Crippen LogP contribution in [0.3, 0.4) is 0 Å². The first kappa shape index (κ1) is 20.7. The number of hydrogen-bond donors (Lipinski definition) is 3. The number of nitrogens with one attached hydrogen (secondary N) is 3. The number of amides is 3. The molecule has 7 nitrogen and oxygen atoms in total. The standard InChI is InChI=1S/C17H20F3N3O4/c18-17(19,20)12-5-3-11(4-6-12)16(26)23-22-15(25)8-7-14(24)21-10-13-2-1-9-27-13/h3-6,13H,1-2,7-10H2,(H,21,24)(H,22,25)(H,23,26)/t13-/m1/s1. The number of benzene rings is 1. The first-order valence-corrected chi connectivity index (χ1v) is 8.40. The monoisotopic (exact) mass is 387 g/mol. The Labute approximate surface area is 153 Å². The summed E-state index contributed by atoms with van der Waals surface area (Å²) >= 11 is 0. The fraction of sp³-hybridized carbons (Fsp3) is 0.471. The smallest absolute Gasteiger partial charge is 0.376 e. The molecule has 1 aliphatic rings. The fourth-order valence-electron chi connectivity index (χ4n) is 2.42. The molecule has 1 saturated heterocycles. The molecular formula is C17H20F3N3O4. The third kappa shape index (κ3) is 6.89. The van der Waals surface area contributed by atoms with Crippen LogP contribution in [0.4, 0.5) is 13.2 Å². The van der Waals surface area contributed by atoms with Crippen LogP contribution in [0, 0.1) is 0 Å². The van der Waals surface area contributed by atoms with Crippen molar-refractivity contribution >= 4 is 17.7 Å². The molecule has 3 N–H and O–H groups in total. The van der Waals surface area contributed by atoms with Crippen molar-refractivity contribution in [3.63, 3.8) is 0 Å². The fourth-order valence-corrected chi connectivity index (χ4v) is 2.42. The van der Waals surface area contributed by atoms with Crippen LogP contribution >= 0.6 is 0 Å². The van der Waals surface area contributed by atoms with Crippen LogP contribution in [-0.4, -0.2) is 37.0 Å². The molecule has 0 aliphatic carbocycles. The van der Waals surface area contributed by atoms with Gasteiger partial charge in [0.1, 0.15) is 0 Å². The second-order valence-corrected chi connectivity index (χ2v) is 6.02. The van der Waals surface area contributed by atoms with E-state index in [4.69, 9.17) is 4.74 Å². The van der Waals surface area contributed by atoms with Gasteiger partial charge in [-0.15, -0.1) is 0 Å². The summed E-state index contributed by atoms with van der Waals surface area (Å²) in [6, 6.07) is 3.55. The topological polar surface area (TPSA) is 96.5 Å². The minimum Gasteiger partial charge on any atom is -0.376 e. The van der Waals surface area contributed by atoms with Crippen LogP contribution in [-0.2, 0) is 20.5 Å². The highest BCUT2D eigenvalue weighted by Gasteiger charge is 2.30. The van der Waals surface area contributed by atoms with E-state index in [-0.39, 0.29) is 30.4 Å². The van der Waals surface area contributed by atoms with Crippen molar-refractivity contribution in [2.45, 2.75) is 38.0 Å². The van der Waals surface area contributed by atoms with Crippen molar-refractivity contribution in [2.75, 3.05) is 13.2 Å². The zero-order valence-corrected chi connectivity index (χ0v) is 14.4. The summed E-state index contributed by atoms with van der Waals surface area (Å²) in [5, 5.41) is 2.66. The van der Waals surface area contributed by atoms with E-state index in [9.17, 15) is 27.6 Å². The summed E-state index contributed by atoms with van der Waals surface area (Å²) in [4.78, 5) is 35.1. The van der Waals surface area contributed by atoms with Gasteiger partial charge < -0.3 is 10.1 Å². The summed E-state index contributed by atoms with van der Waals surface area (Å²) < 4.78 is 42.8. The normalized spacial score (nSPS) is 16.6. The zero-order valence-electron chi connectivity index (χ0n) is 14.4. The van der Waals surface area contributed by atoms with Gasteiger partial charge in [-0.25, -0.2) is 0 Å². The minimum absolute atomic E-state index is 0.00537. The Kier molecular flexibility index (Phi) is 7.17. The molecule has 10 heteroatoms. The maximum Gasteiger partial charge on any atom is 0.416 e. The first-order valence-electron chi connectivity index (χ1n) is 8.40. The molecule has 1 aliphatic heterocycles. The average Bonchev–Trinajstić information content (AvgIpc) is 3.15. The highest BCUT2D eigenvalue weighted by atomic mass is 19.4. The lowest BCUT2D eigenvalue weighted by atomic mass is 10.1. The van der Waals surface area contributed by atoms with E-state index < -0.39 is 23.6 Å². The molecule has 2 rings (SSSR count). The molecule has 1 atom stereocenters. The van der Waals surface area contributed by atoms with Gasteiger partial charge in [0.2, 0.25) is 11.8 Å². The van der Waals surface area contributed by atoms with Crippen molar-refractivity contribution in [2.24, 2.45) is 0 Å². The van der Waals surface area contributed by atoms with Gasteiger partial charge in [-0.2, -0.15) is 13.2 Å². The van der Waals surface area contributed by atoms with Crippen LogP contribution in [0.1, 0.15) is 41.6 Å². The largest absolute Gasteiger partial charge is 0.416 e. The van der Waals surface area contributed by atoms with E-state index in [1.54, 1.807) is 0 Å². The summed E-state index contributed by atoms with van der Waals surface area (Å²) in [5.74, 6) is -1.67. The Morgan fingerprint density at radius 1 is 1.04 bits per heavy atom. The summed E-state index contributed by atoms with van der Waals surface area (Å²) in [6.07, 6.45) is -2.85. The van der Waals surface area contributed by atoms with Crippen molar-refractivity contribution in [1.82, 2.24) is 16.2 Å². The third-order valence-electron chi connectivity index (χ3n) is 3.92. The lowest BCUT2D eigenvalue weighted by molar-refractivity contribution is -0.137. The SMILES string of the molecule is O=C(CCC(=O)NNC(=O)c1ccc(C(F)(F)F)cc1)NC[C@H]1CCCO1. The van der Waals surface area contributed by atoms with E-state index in [0.717, 1.165) is 37.1 Å². The number of hydrazine groups is 1. The Bertz CT molecular complexity index is 671. The number of carbonyl (C=O) groups excluding carboxylic acids is 3. The first-order chi connectivity index (χ1) is 12.8. The zero-order chi connectivity index (χ0) is 19.9. The van der Waals surface area contributed by atoms with Crippen LogP contribution < -0.4 is 16.2 Å². The molecule has 1 fully saturated rings. The number of rotatable bonds is 6.